The van der Waals surface area contributed by atoms with Crippen LogP contribution in [0, 0.1) is 0 Å². The quantitative estimate of drug-likeness (QED) is 0.785. The van der Waals surface area contributed by atoms with E-state index in [1.54, 1.807) is 5.56 Å². The van der Waals surface area contributed by atoms with Gasteiger partial charge < -0.3 is 4.90 Å². The zero-order valence-electron chi connectivity index (χ0n) is 11.8. The van der Waals surface area contributed by atoms with Gasteiger partial charge in [-0.15, -0.1) is 0 Å². The third-order valence-electron chi connectivity index (χ3n) is 4.27. The lowest BCUT2D eigenvalue weighted by Crippen LogP contribution is -2.33. The van der Waals surface area contributed by atoms with Crippen molar-refractivity contribution in [3.05, 3.63) is 59.7 Å². The Bertz CT molecular complexity index is 557. The molecule has 0 heterocycles. The second-order valence-corrected chi connectivity index (χ2v) is 5.67. The van der Waals surface area contributed by atoms with Gasteiger partial charge in [-0.05, 0) is 55.6 Å². The summed E-state index contributed by atoms with van der Waals surface area (Å²) in [5.74, 6) is 0. The summed E-state index contributed by atoms with van der Waals surface area (Å²) < 4.78 is 0. The summed E-state index contributed by atoms with van der Waals surface area (Å²) >= 11 is 0. The van der Waals surface area contributed by atoms with Gasteiger partial charge in [0.1, 0.15) is 0 Å². The Hall–Kier alpha value is -1.60. The molecule has 0 aromatic heterocycles. The molecule has 2 aromatic rings. The van der Waals surface area contributed by atoms with Crippen LogP contribution in [-0.4, -0.2) is 25.0 Å². The molecule has 98 valence electrons. The average Bonchev–Trinajstić information content (AvgIpc) is 2.47. The van der Waals surface area contributed by atoms with E-state index >= 15 is 0 Å². The van der Waals surface area contributed by atoms with Gasteiger partial charge in [-0.2, -0.15) is 0 Å². The van der Waals surface area contributed by atoms with Crippen LogP contribution in [0.3, 0.4) is 0 Å². The summed E-state index contributed by atoms with van der Waals surface area (Å²) in [4.78, 5) is 2.36. The molecule has 3 rings (SSSR count). The zero-order chi connectivity index (χ0) is 13.2. The topological polar surface area (TPSA) is 3.24 Å². The third-order valence-corrected chi connectivity index (χ3v) is 4.27. The van der Waals surface area contributed by atoms with E-state index in [2.05, 4.69) is 67.5 Å². The van der Waals surface area contributed by atoms with Gasteiger partial charge >= 0.3 is 0 Å². The van der Waals surface area contributed by atoms with Gasteiger partial charge in [0.2, 0.25) is 0 Å². The molecule has 1 aliphatic carbocycles. The smallest absolute Gasteiger partial charge is 0.0133 e. The van der Waals surface area contributed by atoms with Gasteiger partial charge in [-0.1, -0.05) is 48.5 Å². The fourth-order valence-corrected chi connectivity index (χ4v) is 3.12. The monoisotopic (exact) mass is 251 g/mol. The first kappa shape index (κ1) is 12.4. The van der Waals surface area contributed by atoms with Gasteiger partial charge in [-0.25, -0.2) is 0 Å². The van der Waals surface area contributed by atoms with Gasteiger partial charge in [-0.3, -0.25) is 0 Å². The number of nitrogens with zero attached hydrogens (tertiary/aromatic N) is 1. The molecule has 1 atom stereocenters. The molecule has 0 fully saturated rings. The number of rotatable bonds is 2. The van der Waals surface area contributed by atoms with E-state index in [0.717, 1.165) is 0 Å². The summed E-state index contributed by atoms with van der Waals surface area (Å²) in [7, 11) is 4.38. The first-order valence-electron chi connectivity index (χ1n) is 7.08. The molecular formula is C18H21N. The summed E-state index contributed by atoms with van der Waals surface area (Å²) in [6, 6.07) is 18.2. The lowest BCUT2D eigenvalue weighted by atomic mass is 9.83. The third kappa shape index (κ3) is 2.43. The van der Waals surface area contributed by atoms with Crippen LogP contribution in [0.2, 0.25) is 0 Å². The minimum Gasteiger partial charge on any atom is -0.306 e. The van der Waals surface area contributed by atoms with Crippen LogP contribution in [0.25, 0.3) is 11.1 Å². The second kappa shape index (κ2) is 5.18. The molecule has 1 aliphatic rings. The largest absolute Gasteiger partial charge is 0.306 e. The minimum absolute atomic E-state index is 0.693. The van der Waals surface area contributed by atoms with Crippen molar-refractivity contribution in [1.82, 2.24) is 4.90 Å². The van der Waals surface area contributed by atoms with E-state index in [4.69, 9.17) is 0 Å². The molecule has 0 aliphatic heterocycles. The highest BCUT2D eigenvalue weighted by atomic mass is 15.1. The number of hydrogen-bond acceptors (Lipinski definition) is 1. The van der Waals surface area contributed by atoms with Gasteiger partial charge in [0.25, 0.3) is 0 Å². The Labute approximate surface area is 115 Å². The normalized spacial score (nSPS) is 18.4. The van der Waals surface area contributed by atoms with Crippen molar-refractivity contribution in [2.45, 2.75) is 25.3 Å². The van der Waals surface area contributed by atoms with Crippen LogP contribution in [-0.2, 0) is 12.8 Å². The number of hydrogen-bond donors (Lipinski definition) is 0. The van der Waals surface area contributed by atoms with Crippen molar-refractivity contribution >= 4 is 0 Å². The van der Waals surface area contributed by atoms with Crippen molar-refractivity contribution in [3.8, 4) is 11.1 Å². The van der Waals surface area contributed by atoms with Crippen LogP contribution in [0.15, 0.2) is 48.5 Å². The van der Waals surface area contributed by atoms with Crippen LogP contribution in [0.1, 0.15) is 17.5 Å². The molecule has 0 amide bonds. The molecule has 0 saturated heterocycles. The highest BCUT2D eigenvalue weighted by Crippen LogP contribution is 2.32. The Morgan fingerprint density at radius 1 is 0.947 bits per heavy atom. The van der Waals surface area contributed by atoms with E-state index in [1.807, 2.05) is 0 Å². The maximum Gasteiger partial charge on any atom is 0.0133 e. The Morgan fingerprint density at radius 3 is 2.47 bits per heavy atom. The summed E-state index contributed by atoms with van der Waals surface area (Å²) in [5.41, 5.74) is 5.87. The lowest BCUT2D eigenvalue weighted by Gasteiger charge is -2.31. The maximum atomic E-state index is 2.36. The molecule has 0 saturated carbocycles. The van der Waals surface area contributed by atoms with Crippen LogP contribution >= 0.6 is 0 Å². The molecule has 2 aromatic carbocycles. The Kier molecular flexibility index (Phi) is 3.39. The van der Waals surface area contributed by atoms with Crippen molar-refractivity contribution in [1.29, 1.82) is 0 Å². The van der Waals surface area contributed by atoms with Gasteiger partial charge in [0.05, 0.1) is 0 Å². The summed E-state index contributed by atoms with van der Waals surface area (Å²) in [5, 5.41) is 0. The summed E-state index contributed by atoms with van der Waals surface area (Å²) in [6.07, 6.45) is 3.65. The van der Waals surface area contributed by atoms with Crippen molar-refractivity contribution < 1.29 is 0 Å². The number of fused-ring (bicyclic) bond motifs is 1. The molecule has 0 unspecified atom stereocenters. The molecule has 0 N–H and O–H groups in total. The highest BCUT2D eigenvalue weighted by molar-refractivity contribution is 5.69. The van der Waals surface area contributed by atoms with Crippen molar-refractivity contribution in [3.63, 3.8) is 0 Å². The van der Waals surface area contributed by atoms with Gasteiger partial charge in [0.15, 0.2) is 0 Å². The number of likely N-dealkylation sites (N-methyl/N-ethyl adjacent to an activating group) is 1. The van der Waals surface area contributed by atoms with Gasteiger partial charge in [0, 0.05) is 6.04 Å². The minimum atomic E-state index is 0.693. The van der Waals surface area contributed by atoms with Crippen LogP contribution < -0.4 is 0 Å². The Balaban J connectivity index is 2.00. The standard InChI is InChI=1S/C18H21N/c1-19(2)16-11-12-18-15(13-16)9-6-10-17(18)14-7-4-3-5-8-14/h3-10,16H,11-13H2,1-2H3/t16-/m0/s1. The fourth-order valence-electron chi connectivity index (χ4n) is 3.12. The highest BCUT2D eigenvalue weighted by Gasteiger charge is 2.22. The zero-order valence-corrected chi connectivity index (χ0v) is 11.8. The maximum absolute atomic E-state index is 2.36. The van der Waals surface area contributed by atoms with E-state index in [0.29, 0.717) is 6.04 Å². The molecule has 1 heteroatoms. The molecule has 1 nitrogen and oxygen atoms in total. The van der Waals surface area contributed by atoms with E-state index in [9.17, 15) is 0 Å². The Morgan fingerprint density at radius 2 is 1.74 bits per heavy atom. The molecule has 0 bridgehead atoms. The predicted octanol–water partition coefficient (Wildman–Crippen LogP) is 3.77. The first-order chi connectivity index (χ1) is 9.25. The SMILES string of the molecule is CN(C)[C@H]1CCc2c(cccc2-c2ccccc2)C1. The summed E-state index contributed by atoms with van der Waals surface area (Å²) in [6.45, 7) is 0. The molecular weight excluding hydrogens is 230 g/mol. The van der Waals surface area contributed by atoms with E-state index < -0.39 is 0 Å². The van der Waals surface area contributed by atoms with Crippen LogP contribution in [0.5, 0.6) is 0 Å². The number of benzene rings is 2. The molecule has 0 radical (unpaired) electrons. The molecule has 0 spiro atoms. The second-order valence-electron chi connectivity index (χ2n) is 5.67. The average molecular weight is 251 g/mol. The van der Waals surface area contributed by atoms with E-state index in [1.165, 1.54) is 36.0 Å². The fraction of sp³-hybridized carbons (Fsp3) is 0.333. The first-order valence-corrected chi connectivity index (χ1v) is 7.08. The van der Waals surface area contributed by atoms with Crippen molar-refractivity contribution in [2.24, 2.45) is 0 Å². The van der Waals surface area contributed by atoms with Crippen LogP contribution in [0.4, 0.5) is 0 Å². The predicted molar refractivity (Wildman–Crippen MR) is 81.4 cm³/mol. The molecule has 19 heavy (non-hydrogen) atoms. The van der Waals surface area contributed by atoms with Crippen molar-refractivity contribution in [2.75, 3.05) is 14.1 Å². The lowest BCUT2D eigenvalue weighted by molar-refractivity contribution is 0.268. The van der Waals surface area contributed by atoms with E-state index in [-0.39, 0.29) is 0 Å².